The van der Waals surface area contributed by atoms with Gasteiger partial charge in [-0.25, -0.2) is 0 Å². The Morgan fingerprint density at radius 3 is 1.07 bits per heavy atom. The summed E-state index contributed by atoms with van der Waals surface area (Å²) in [6.45, 7) is 1.20. The SMILES string of the molecule is Cn1ccc(C(=O)NCCN(CCNC(=O)c2ccn(C)c(=O)c2O)CC(Cc2ccc(N=C=S)cc2)CN(CCNC(=O)c2ccn(C)c(=O)c2O)CCNC(=O)c2ccn(C)c(=O)c2O)c(O)c1=O. The Bertz CT molecular complexity index is 2730. The summed E-state index contributed by atoms with van der Waals surface area (Å²) >= 11 is 4.77. The summed E-state index contributed by atoms with van der Waals surface area (Å²) in [6, 6.07) is 12.4. The van der Waals surface area contributed by atoms with Gasteiger partial charge in [0.25, 0.3) is 45.9 Å². The number of rotatable bonds is 23. The van der Waals surface area contributed by atoms with E-state index < -0.39 is 68.9 Å². The van der Waals surface area contributed by atoms with Crippen molar-refractivity contribution in [1.82, 2.24) is 49.3 Å². The van der Waals surface area contributed by atoms with Crippen molar-refractivity contribution in [3.8, 4) is 23.0 Å². The van der Waals surface area contributed by atoms with Crippen molar-refractivity contribution in [2.45, 2.75) is 6.42 Å². The summed E-state index contributed by atoms with van der Waals surface area (Å²) < 4.78 is 4.48. The fourth-order valence-electron chi connectivity index (χ4n) is 7.48. The zero-order valence-electron chi connectivity index (χ0n) is 39.4. The molecule has 8 N–H and O–H groups in total. The van der Waals surface area contributed by atoms with Gasteiger partial charge in [0.1, 0.15) is 0 Å². The molecule has 0 fully saturated rings. The van der Waals surface area contributed by atoms with E-state index in [0.29, 0.717) is 12.1 Å². The summed E-state index contributed by atoms with van der Waals surface area (Å²) in [7, 11) is 5.69. The number of aryl methyl sites for hydroxylation is 4. The third-order valence-corrected chi connectivity index (χ3v) is 11.6. The monoisotopic (exact) mass is 997 g/mol. The van der Waals surface area contributed by atoms with Crippen molar-refractivity contribution >= 4 is 46.7 Å². The number of aromatic hydroxyl groups is 4. The molecule has 0 spiro atoms. The molecule has 71 heavy (non-hydrogen) atoms. The van der Waals surface area contributed by atoms with E-state index in [4.69, 9.17) is 12.2 Å². The lowest BCUT2D eigenvalue weighted by Crippen LogP contribution is -2.46. The Hall–Kier alpha value is -8.18. The van der Waals surface area contributed by atoms with Gasteiger partial charge in [0.15, 0.2) is 23.0 Å². The molecule has 4 heterocycles. The van der Waals surface area contributed by atoms with Gasteiger partial charge in [-0.2, -0.15) is 4.99 Å². The molecule has 0 radical (unpaired) electrons. The van der Waals surface area contributed by atoms with Crippen LogP contribution in [0.1, 0.15) is 47.0 Å². The predicted molar refractivity (Wildman–Crippen MR) is 264 cm³/mol. The molecule has 0 aliphatic heterocycles. The van der Waals surface area contributed by atoms with Crippen LogP contribution in [0.5, 0.6) is 23.0 Å². The number of hydrogen-bond acceptors (Lipinski definition) is 16. The second kappa shape index (κ2) is 24.9. The standard InChI is InChI=1S/C47H55N11O12S/c1-53-17-9-32(36(59)44(53)67)40(63)48-13-21-57(22-14-49-41(64)33-10-18-54(2)45(68)37(33)60)26-30(25-29-5-7-31(8-6-29)52-28-71)27-58(23-15-50-42(65)34-11-19-55(3)46(69)38(34)61)24-16-51-43(66)35-12-20-56(4)47(70)39(35)62/h5-12,17-20,30,59-62H,13-16,21-27H2,1-4H3,(H,48,63)(H,49,64)(H,50,65)(H,51,66). The second-order valence-corrected chi connectivity index (χ2v) is 16.7. The summed E-state index contributed by atoms with van der Waals surface area (Å²) in [5, 5.41) is 55.0. The first-order valence-corrected chi connectivity index (χ1v) is 22.5. The Kier molecular flexibility index (Phi) is 18.9. The number of carbonyl (C=O) groups excluding carboxylic acids is 4. The van der Waals surface area contributed by atoms with E-state index >= 15 is 0 Å². The van der Waals surface area contributed by atoms with E-state index in [1.54, 1.807) is 12.1 Å². The van der Waals surface area contributed by atoms with Gasteiger partial charge in [-0.15, -0.1) is 0 Å². The van der Waals surface area contributed by atoms with Crippen LogP contribution in [-0.4, -0.2) is 143 Å². The highest BCUT2D eigenvalue weighted by Gasteiger charge is 2.23. The number of aliphatic imine (C=N–C) groups is 1. The summed E-state index contributed by atoms with van der Waals surface area (Å²) in [4.78, 5) is 110. The van der Waals surface area contributed by atoms with E-state index in [1.165, 1.54) is 77.2 Å². The van der Waals surface area contributed by atoms with Gasteiger partial charge in [0.05, 0.1) is 33.1 Å². The largest absolute Gasteiger partial charge is 0.502 e. The van der Waals surface area contributed by atoms with Gasteiger partial charge in [0, 0.05) is 118 Å². The number of nitrogens with one attached hydrogen (secondary N) is 4. The first kappa shape index (κ1) is 53.8. The van der Waals surface area contributed by atoms with Crippen molar-refractivity contribution in [2.75, 3.05) is 65.4 Å². The molecule has 0 unspecified atom stereocenters. The maximum Gasteiger partial charge on any atom is 0.293 e. The normalized spacial score (nSPS) is 11.1. The molecule has 0 bridgehead atoms. The van der Waals surface area contributed by atoms with Crippen molar-refractivity contribution in [3.05, 3.63) is 143 Å². The predicted octanol–water partition coefficient (Wildman–Crippen LogP) is -0.479. The van der Waals surface area contributed by atoms with Crippen LogP contribution in [0.4, 0.5) is 5.69 Å². The van der Waals surface area contributed by atoms with Crippen LogP contribution >= 0.6 is 12.2 Å². The molecule has 0 saturated heterocycles. The molecular formula is C47H55N11O12S. The molecule has 0 aliphatic carbocycles. The van der Waals surface area contributed by atoms with Gasteiger partial charge in [0.2, 0.25) is 0 Å². The lowest BCUT2D eigenvalue weighted by Gasteiger charge is -2.32. The zero-order valence-corrected chi connectivity index (χ0v) is 40.2. The van der Waals surface area contributed by atoms with E-state index in [-0.39, 0.29) is 93.6 Å². The van der Waals surface area contributed by atoms with Gasteiger partial charge in [-0.3, -0.25) is 48.2 Å². The zero-order chi connectivity index (χ0) is 51.9. The Labute approximate surface area is 410 Å². The molecule has 0 aliphatic rings. The van der Waals surface area contributed by atoms with Crippen LogP contribution in [0.2, 0.25) is 0 Å². The van der Waals surface area contributed by atoms with Gasteiger partial charge < -0.3 is 60.0 Å². The molecule has 4 amide bonds. The fraction of sp³-hybridized carbons (Fsp3) is 0.340. The number of pyridine rings is 4. The molecule has 376 valence electrons. The third kappa shape index (κ3) is 14.2. The van der Waals surface area contributed by atoms with Crippen LogP contribution in [0.3, 0.4) is 0 Å². The van der Waals surface area contributed by atoms with Crippen molar-refractivity contribution < 1.29 is 39.6 Å². The minimum Gasteiger partial charge on any atom is -0.502 e. The molecule has 1 aromatic carbocycles. The summed E-state index contributed by atoms with van der Waals surface area (Å²) in [5.41, 5.74) is -2.55. The smallest absolute Gasteiger partial charge is 0.293 e. The lowest BCUT2D eigenvalue weighted by atomic mass is 9.97. The van der Waals surface area contributed by atoms with E-state index in [9.17, 15) is 58.8 Å². The molecule has 0 atom stereocenters. The average Bonchev–Trinajstić information content (AvgIpc) is 3.33. The third-order valence-electron chi connectivity index (χ3n) is 11.5. The van der Waals surface area contributed by atoms with Gasteiger partial charge >= 0.3 is 0 Å². The van der Waals surface area contributed by atoms with Crippen molar-refractivity contribution in [1.29, 1.82) is 0 Å². The number of isothiocyanates is 1. The Morgan fingerprint density at radius 2 is 0.803 bits per heavy atom. The number of thiocarbonyl (C=S) groups is 1. The van der Waals surface area contributed by atoms with E-state index in [2.05, 4.69) is 31.4 Å². The van der Waals surface area contributed by atoms with Crippen molar-refractivity contribution in [2.24, 2.45) is 39.1 Å². The van der Waals surface area contributed by atoms with Crippen LogP contribution in [-0.2, 0) is 34.6 Å². The molecular weight excluding hydrogens is 943 g/mol. The van der Waals surface area contributed by atoms with Crippen LogP contribution in [0, 0.1) is 5.92 Å². The molecule has 24 heteroatoms. The molecule has 0 saturated carbocycles. The van der Waals surface area contributed by atoms with Crippen molar-refractivity contribution in [3.63, 3.8) is 0 Å². The quantitative estimate of drug-likeness (QED) is 0.0303. The number of carbonyl (C=O) groups is 4. The fourth-order valence-corrected chi connectivity index (χ4v) is 7.59. The van der Waals surface area contributed by atoms with E-state index in [0.717, 1.165) is 23.8 Å². The van der Waals surface area contributed by atoms with Crippen LogP contribution in [0.15, 0.2) is 97.5 Å². The topological polar surface area (TPSA) is 304 Å². The molecule has 23 nitrogen and oxygen atoms in total. The van der Waals surface area contributed by atoms with Crippen LogP contribution < -0.4 is 43.5 Å². The second-order valence-electron chi connectivity index (χ2n) is 16.5. The highest BCUT2D eigenvalue weighted by atomic mass is 32.1. The summed E-state index contributed by atoms with van der Waals surface area (Å²) in [5.74, 6) is -6.07. The lowest BCUT2D eigenvalue weighted by molar-refractivity contribution is 0.0931. The maximum absolute atomic E-state index is 13.2. The van der Waals surface area contributed by atoms with Gasteiger partial charge in [-0.1, -0.05) is 12.1 Å². The first-order chi connectivity index (χ1) is 33.8. The number of hydrogen-bond donors (Lipinski definition) is 8. The molecule has 5 rings (SSSR count). The average molecular weight is 998 g/mol. The highest BCUT2D eigenvalue weighted by molar-refractivity contribution is 7.78. The Morgan fingerprint density at radius 1 is 0.521 bits per heavy atom. The number of amides is 4. The minimum atomic E-state index is -0.765. The minimum absolute atomic E-state index is 0.000589. The maximum atomic E-state index is 13.2. The number of nitrogens with zero attached hydrogens (tertiary/aromatic N) is 7. The first-order valence-electron chi connectivity index (χ1n) is 22.1. The van der Waals surface area contributed by atoms with E-state index in [1.807, 2.05) is 21.9 Å². The Balaban J connectivity index is 1.43. The highest BCUT2D eigenvalue weighted by Crippen LogP contribution is 2.19. The number of benzene rings is 1. The molecule has 5 aromatic rings. The summed E-state index contributed by atoms with van der Waals surface area (Å²) in [6.07, 6.45) is 5.78. The van der Waals surface area contributed by atoms with Crippen LogP contribution in [0.25, 0.3) is 0 Å². The molecule has 4 aromatic heterocycles. The number of aromatic nitrogens is 4. The van der Waals surface area contributed by atoms with Gasteiger partial charge in [-0.05, 0) is 66.5 Å².